The molecule has 0 spiro atoms. The maximum Gasteiger partial charge on any atom is 0.266 e. The number of carbonyl (C=O) groups is 3. The van der Waals surface area contributed by atoms with Crippen LogP contribution < -0.4 is 10.1 Å². The van der Waals surface area contributed by atoms with Crippen molar-refractivity contribution in [3.63, 3.8) is 0 Å². The molecule has 0 aliphatic carbocycles. The van der Waals surface area contributed by atoms with Gasteiger partial charge >= 0.3 is 0 Å². The first kappa shape index (κ1) is 18.9. The smallest absolute Gasteiger partial charge is 0.266 e. The van der Waals surface area contributed by atoms with Crippen molar-refractivity contribution < 1.29 is 19.1 Å². The van der Waals surface area contributed by atoms with E-state index in [1.54, 1.807) is 18.2 Å². The molecule has 2 aromatic rings. The fourth-order valence-electron chi connectivity index (χ4n) is 3.79. The Morgan fingerprint density at radius 2 is 1.83 bits per heavy atom. The summed E-state index contributed by atoms with van der Waals surface area (Å²) in [4.78, 5) is 39.3. The molecule has 2 aliphatic rings. The highest BCUT2D eigenvalue weighted by Gasteiger charge is 2.45. The lowest BCUT2D eigenvalue weighted by atomic mass is 10.0. The minimum absolute atomic E-state index is 0.245. The molecule has 0 aromatic heterocycles. The van der Waals surface area contributed by atoms with E-state index < -0.39 is 17.9 Å². The summed E-state index contributed by atoms with van der Waals surface area (Å²) in [5.74, 6) is -0.915. The van der Waals surface area contributed by atoms with Crippen LogP contribution in [0.2, 0.25) is 0 Å². The van der Waals surface area contributed by atoms with Gasteiger partial charge in [-0.2, -0.15) is 0 Å². The van der Waals surface area contributed by atoms with Crippen LogP contribution in [0.5, 0.6) is 5.75 Å². The van der Waals surface area contributed by atoms with Crippen molar-refractivity contribution in [3.8, 4) is 5.75 Å². The molecule has 6 nitrogen and oxygen atoms in total. The van der Waals surface area contributed by atoms with E-state index in [-0.39, 0.29) is 17.0 Å². The van der Waals surface area contributed by atoms with E-state index in [0.717, 1.165) is 17.7 Å². The van der Waals surface area contributed by atoms with Crippen molar-refractivity contribution >= 4 is 17.7 Å². The van der Waals surface area contributed by atoms with Gasteiger partial charge in [-0.3, -0.25) is 19.3 Å². The first-order valence-electron chi connectivity index (χ1n) is 9.72. The van der Waals surface area contributed by atoms with Gasteiger partial charge in [0.1, 0.15) is 11.8 Å². The number of hydrogen-bond acceptors (Lipinski definition) is 4. The zero-order valence-corrected chi connectivity index (χ0v) is 16.0. The Bertz CT molecular complexity index is 984. The Labute approximate surface area is 169 Å². The molecule has 1 N–H and O–H groups in total. The summed E-state index contributed by atoms with van der Waals surface area (Å²) in [6.07, 6.45) is 2.56. The van der Waals surface area contributed by atoms with Gasteiger partial charge in [0.2, 0.25) is 5.91 Å². The van der Waals surface area contributed by atoms with Crippen LogP contribution in [0, 0.1) is 0 Å². The molecular weight excluding hydrogens is 368 g/mol. The number of imide groups is 1. The number of piperidine rings is 1. The second-order valence-electron chi connectivity index (χ2n) is 7.24. The first-order chi connectivity index (χ1) is 14.1. The van der Waals surface area contributed by atoms with Crippen molar-refractivity contribution in [2.45, 2.75) is 31.7 Å². The summed E-state index contributed by atoms with van der Waals surface area (Å²) in [6.45, 7) is 4.17. The normalized spacial score (nSPS) is 18.6. The number of aryl methyl sites for hydroxylation is 1. The van der Waals surface area contributed by atoms with Crippen molar-refractivity contribution in [2.24, 2.45) is 0 Å². The number of benzene rings is 2. The molecule has 1 unspecified atom stereocenters. The van der Waals surface area contributed by atoms with Crippen molar-refractivity contribution in [1.29, 1.82) is 0 Å². The summed E-state index contributed by atoms with van der Waals surface area (Å²) < 4.78 is 5.85. The molecule has 4 rings (SSSR count). The summed E-state index contributed by atoms with van der Waals surface area (Å²) in [6, 6.07) is 14.3. The summed E-state index contributed by atoms with van der Waals surface area (Å²) in [5, 5.41) is 2.64. The lowest BCUT2D eigenvalue weighted by Crippen LogP contribution is -2.51. The number of fused-ring (bicyclic) bond motifs is 1. The van der Waals surface area contributed by atoms with Gasteiger partial charge in [-0.15, -0.1) is 0 Å². The molecule has 2 aromatic carbocycles. The van der Waals surface area contributed by atoms with Gasteiger partial charge in [-0.1, -0.05) is 43.0 Å². The summed E-state index contributed by atoms with van der Waals surface area (Å²) in [5.41, 5.74) is 2.35. The van der Waals surface area contributed by atoms with Gasteiger partial charge in [0.05, 0.1) is 17.7 Å². The highest BCUT2D eigenvalue weighted by molar-refractivity contribution is 6.24. The predicted molar refractivity (Wildman–Crippen MR) is 108 cm³/mol. The molecule has 2 heterocycles. The summed E-state index contributed by atoms with van der Waals surface area (Å²) >= 11 is 0. The minimum Gasteiger partial charge on any atom is -0.493 e. The lowest BCUT2D eigenvalue weighted by Gasteiger charge is -2.29. The molecule has 148 valence electrons. The van der Waals surface area contributed by atoms with Crippen LogP contribution in [-0.2, 0) is 11.2 Å². The number of carbonyl (C=O) groups excluding carboxylic acids is 3. The van der Waals surface area contributed by atoms with Crippen LogP contribution in [0.3, 0.4) is 0 Å². The summed E-state index contributed by atoms with van der Waals surface area (Å²) in [7, 11) is 0. The van der Waals surface area contributed by atoms with Crippen molar-refractivity contribution in [1.82, 2.24) is 10.2 Å². The predicted octanol–water partition coefficient (Wildman–Crippen LogP) is 3.09. The number of ether oxygens (including phenoxy) is 1. The molecule has 0 saturated carbocycles. The fraction of sp³-hybridized carbons (Fsp3) is 0.261. The third kappa shape index (κ3) is 3.66. The number of nitrogens with one attached hydrogen (secondary N) is 1. The minimum atomic E-state index is -0.821. The Balaban J connectivity index is 1.47. The maximum absolute atomic E-state index is 13.0. The molecule has 0 bridgehead atoms. The quantitative estimate of drug-likeness (QED) is 0.608. The Morgan fingerprint density at radius 1 is 1.03 bits per heavy atom. The van der Waals surface area contributed by atoms with Crippen LogP contribution in [0.15, 0.2) is 60.8 Å². The first-order valence-corrected chi connectivity index (χ1v) is 9.72. The van der Waals surface area contributed by atoms with E-state index in [0.29, 0.717) is 30.9 Å². The molecule has 3 amide bonds. The number of rotatable bonds is 6. The standard InChI is InChI=1S/C23H22N2O4/c1-15-12-13-18(21(26)24-15)25-22(27)17-10-5-11-19(20(17)23(25)28)29-14-6-9-16-7-3-2-4-8-16/h2-5,7-8,10-11,18H,1,6,9,12-14H2,(H,24,26). The SMILES string of the molecule is C=C1CCC(N2C(=O)c3cccc(OCCCc4ccccc4)c3C2=O)C(=O)N1. The topological polar surface area (TPSA) is 75.7 Å². The van der Waals surface area contributed by atoms with Crippen molar-refractivity contribution in [2.75, 3.05) is 6.61 Å². The number of allylic oxidation sites excluding steroid dienone is 1. The molecule has 1 fully saturated rings. The maximum atomic E-state index is 13.0. The van der Waals surface area contributed by atoms with E-state index in [1.165, 1.54) is 5.56 Å². The van der Waals surface area contributed by atoms with Gasteiger partial charge in [0, 0.05) is 5.70 Å². The van der Waals surface area contributed by atoms with Crippen LogP contribution in [0.25, 0.3) is 0 Å². The van der Waals surface area contributed by atoms with Gasteiger partial charge < -0.3 is 10.1 Å². The third-order valence-corrected chi connectivity index (χ3v) is 5.25. The molecule has 2 aliphatic heterocycles. The monoisotopic (exact) mass is 390 g/mol. The van der Waals surface area contributed by atoms with E-state index in [9.17, 15) is 14.4 Å². The van der Waals surface area contributed by atoms with Crippen LogP contribution >= 0.6 is 0 Å². The van der Waals surface area contributed by atoms with Crippen LogP contribution in [0.4, 0.5) is 0 Å². The molecule has 1 atom stereocenters. The van der Waals surface area contributed by atoms with Crippen LogP contribution in [0.1, 0.15) is 45.5 Å². The van der Waals surface area contributed by atoms with Gasteiger partial charge in [-0.05, 0) is 43.4 Å². The average molecular weight is 390 g/mol. The molecule has 29 heavy (non-hydrogen) atoms. The van der Waals surface area contributed by atoms with Crippen molar-refractivity contribution in [3.05, 3.63) is 77.5 Å². The molecule has 0 radical (unpaired) electrons. The highest BCUT2D eigenvalue weighted by Crippen LogP contribution is 2.34. The van der Waals surface area contributed by atoms with Gasteiger partial charge in [0.15, 0.2) is 0 Å². The number of hydrogen-bond donors (Lipinski definition) is 1. The Morgan fingerprint density at radius 3 is 2.59 bits per heavy atom. The van der Waals surface area contributed by atoms with E-state index >= 15 is 0 Å². The van der Waals surface area contributed by atoms with E-state index in [1.807, 2.05) is 18.2 Å². The zero-order chi connectivity index (χ0) is 20.4. The number of amides is 3. The average Bonchev–Trinajstić information content (AvgIpc) is 2.98. The highest BCUT2D eigenvalue weighted by atomic mass is 16.5. The largest absolute Gasteiger partial charge is 0.493 e. The van der Waals surface area contributed by atoms with Gasteiger partial charge in [-0.25, -0.2) is 0 Å². The second-order valence-corrected chi connectivity index (χ2v) is 7.24. The Kier molecular flexibility index (Phi) is 5.16. The Hall–Kier alpha value is -3.41. The van der Waals surface area contributed by atoms with E-state index in [4.69, 9.17) is 4.74 Å². The zero-order valence-electron chi connectivity index (χ0n) is 16.0. The third-order valence-electron chi connectivity index (χ3n) is 5.25. The van der Waals surface area contributed by atoms with E-state index in [2.05, 4.69) is 24.0 Å². The molecule has 1 saturated heterocycles. The van der Waals surface area contributed by atoms with Gasteiger partial charge in [0.25, 0.3) is 11.8 Å². The lowest BCUT2D eigenvalue weighted by molar-refractivity contribution is -0.125. The fourth-order valence-corrected chi connectivity index (χ4v) is 3.79. The second kappa shape index (κ2) is 7.91. The molecule has 6 heteroatoms. The number of nitrogens with zero attached hydrogens (tertiary/aromatic N) is 1. The molecular formula is C23H22N2O4. The van der Waals surface area contributed by atoms with Crippen LogP contribution in [-0.4, -0.2) is 35.3 Å².